The summed E-state index contributed by atoms with van der Waals surface area (Å²) < 4.78 is 5.57. The highest BCUT2D eigenvalue weighted by atomic mass is 32.1. The lowest BCUT2D eigenvalue weighted by molar-refractivity contribution is 0.328. The Labute approximate surface area is 114 Å². The van der Waals surface area contributed by atoms with E-state index in [-0.39, 0.29) is 0 Å². The third kappa shape index (κ3) is 4.11. The first kappa shape index (κ1) is 14.6. The molecule has 1 aromatic rings. The van der Waals surface area contributed by atoms with Crippen molar-refractivity contribution in [2.24, 2.45) is 4.99 Å². The summed E-state index contributed by atoms with van der Waals surface area (Å²) in [6.45, 7) is 8.36. The third-order valence-electron chi connectivity index (χ3n) is 2.53. The molecule has 18 heavy (non-hydrogen) atoms. The number of thiocarbonyl (C=S) groups is 1. The van der Waals surface area contributed by atoms with E-state index in [4.69, 9.17) is 17.0 Å². The van der Waals surface area contributed by atoms with Gasteiger partial charge in [-0.25, -0.2) is 0 Å². The molecule has 0 N–H and O–H groups in total. The van der Waals surface area contributed by atoms with Crippen LogP contribution in [0, 0.1) is 0 Å². The van der Waals surface area contributed by atoms with Gasteiger partial charge in [0.05, 0.1) is 6.61 Å². The minimum absolute atomic E-state index is 0.576. The molecule has 0 atom stereocenters. The predicted octanol–water partition coefficient (Wildman–Crippen LogP) is 3.10. The maximum absolute atomic E-state index is 5.57. The normalized spacial score (nSPS) is 11.2. The average molecular weight is 264 g/mol. The number of nitrogens with zero attached hydrogens (tertiary/aromatic N) is 2. The van der Waals surface area contributed by atoms with Crippen LogP contribution in [0.1, 0.15) is 26.3 Å². The Morgan fingerprint density at radius 1 is 1.17 bits per heavy atom. The van der Waals surface area contributed by atoms with E-state index in [1.54, 1.807) is 0 Å². The fraction of sp³-hybridized carbons (Fsp3) is 0.429. The molecular formula is C14H20N2OS. The van der Waals surface area contributed by atoms with Crippen molar-refractivity contribution in [3.05, 3.63) is 35.9 Å². The first-order chi connectivity index (χ1) is 8.72. The highest BCUT2D eigenvalue weighted by molar-refractivity contribution is 7.80. The molecule has 0 radical (unpaired) electrons. The van der Waals surface area contributed by atoms with Crippen LogP contribution < -0.4 is 0 Å². The van der Waals surface area contributed by atoms with E-state index in [2.05, 4.69) is 18.8 Å². The second-order valence-electron chi connectivity index (χ2n) is 3.67. The average Bonchev–Trinajstić information content (AvgIpc) is 2.40. The van der Waals surface area contributed by atoms with E-state index < -0.39 is 0 Å². The minimum Gasteiger partial charge on any atom is -0.477 e. The molecule has 0 spiro atoms. The number of rotatable bonds is 4. The SMILES string of the molecule is CCO/C(=N\C(=S)N(CC)CC)c1ccccc1. The Hall–Kier alpha value is -1.42. The lowest BCUT2D eigenvalue weighted by Gasteiger charge is -2.19. The molecule has 1 aromatic carbocycles. The number of aliphatic imine (C=N–C) groups is 1. The zero-order chi connectivity index (χ0) is 13.4. The molecule has 0 amide bonds. The van der Waals surface area contributed by atoms with Crippen LogP contribution in [0.2, 0.25) is 0 Å². The van der Waals surface area contributed by atoms with Crippen molar-refractivity contribution in [3.63, 3.8) is 0 Å². The summed E-state index contributed by atoms with van der Waals surface area (Å²) in [5.74, 6) is 0.593. The van der Waals surface area contributed by atoms with E-state index in [0.717, 1.165) is 18.7 Å². The molecule has 0 unspecified atom stereocenters. The number of ether oxygens (including phenoxy) is 1. The van der Waals surface area contributed by atoms with Gasteiger partial charge in [-0.1, -0.05) is 18.2 Å². The van der Waals surface area contributed by atoms with Gasteiger partial charge in [0.15, 0.2) is 5.11 Å². The van der Waals surface area contributed by atoms with Crippen LogP contribution >= 0.6 is 12.2 Å². The molecule has 0 saturated carbocycles. The van der Waals surface area contributed by atoms with Gasteiger partial charge in [-0.2, -0.15) is 4.99 Å². The van der Waals surface area contributed by atoms with Gasteiger partial charge in [-0.15, -0.1) is 0 Å². The molecule has 4 heteroatoms. The van der Waals surface area contributed by atoms with Gasteiger partial charge in [0.25, 0.3) is 0 Å². The quantitative estimate of drug-likeness (QED) is 0.474. The molecule has 0 fully saturated rings. The van der Waals surface area contributed by atoms with E-state index >= 15 is 0 Å². The van der Waals surface area contributed by atoms with E-state index in [1.807, 2.05) is 42.2 Å². The van der Waals surface area contributed by atoms with Gasteiger partial charge in [-0.05, 0) is 45.1 Å². The molecule has 0 aliphatic rings. The molecule has 0 aliphatic carbocycles. The van der Waals surface area contributed by atoms with Gasteiger partial charge in [-0.3, -0.25) is 0 Å². The highest BCUT2D eigenvalue weighted by Gasteiger charge is 2.08. The van der Waals surface area contributed by atoms with E-state index in [0.29, 0.717) is 17.6 Å². The highest BCUT2D eigenvalue weighted by Crippen LogP contribution is 2.05. The van der Waals surface area contributed by atoms with Crippen molar-refractivity contribution in [3.8, 4) is 0 Å². The Bertz CT molecular complexity index is 400. The number of hydrogen-bond donors (Lipinski definition) is 0. The molecule has 3 nitrogen and oxygen atoms in total. The summed E-state index contributed by atoms with van der Waals surface area (Å²) in [5.41, 5.74) is 0.953. The molecule has 0 heterocycles. The molecule has 0 aliphatic heterocycles. The van der Waals surface area contributed by atoms with Gasteiger partial charge in [0.1, 0.15) is 0 Å². The Morgan fingerprint density at radius 2 is 1.78 bits per heavy atom. The lowest BCUT2D eigenvalue weighted by Crippen LogP contribution is -2.28. The van der Waals surface area contributed by atoms with Crippen molar-refractivity contribution in [2.45, 2.75) is 20.8 Å². The van der Waals surface area contributed by atoms with Crippen LogP contribution in [0.25, 0.3) is 0 Å². The Morgan fingerprint density at radius 3 is 2.28 bits per heavy atom. The number of benzene rings is 1. The van der Waals surface area contributed by atoms with Crippen LogP contribution in [0.15, 0.2) is 35.3 Å². The Balaban J connectivity index is 2.94. The lowest BCUT2D eigenvalue weighted by atomic mass is 10.2. The van der Waals surface area contributed by atoms with Crippen molar-refractivity contribution in [1.29, 1.82) is 0 Å². The smallest absolute Gasteiger partial charge is 0.223 e. The van der Waals surface area contributed by atoms with Crippen molar-refractivity contribution >= 4 is 23.2 Å². The first-order valence-corrected chi connectivity index (χ1v) is 6.69. The van der Waals surface area contributed by atoms with Gasteiger partial charge < -0.3 is 9.64 Å². The third-order valence-corrected chi connectivity index (χ3v) is 2.88. The molecule has 1 rings (SSSR count). The summed E-state index contributed by atoms with van der Waals surface area (Å²) in [6.07, 6.45) is 0. The zero-order valence-corrected chi connectivity index (χ0v) is 12.0. The summed E-state index contributed by atoms with van der Waals surface area (Å²) >= 11 is 5.32. The predicted molar refractivity (Wildman–Crippen MR) is 80.1 cm³/mol. The molecule has 0 bridgehead atoms. The molecule has 0 saturated heterocycles. The van der Waals surface area contributed by atoms with Gasteiger partial charge in [0.2, 0.25) is 5.90 Å². The summed E-state index contributed by atoms with van der Waals surface area (Å²) in [6, 6.07) is 9.84. The Kier molecular flexibility index (Phi) is 6.36. The van der Waals surface area contributed by atoms with Crippen molar-refractivity contribution in [2.75, 3.05) is 19.7 Å². The number of hydrogen-bond acceptors (Lipinski definition) is 2. The molecular weight excluding hydrogens is 244 g/mol. The standard InChI is InChI=1S/C14H20N2OS/c1-4-16(5-2)14(18)15-13(17-6-3)12-10-8-7-9-11-12/h7-11H,4-6H2,1-3H3/b15-13-. The summed E-state index contributed by atoms with van der Waals surface area (Å²) in [7, 11) is 0. The van der Waals surface area contributed by atoms with Gasteiger partial charge in [0, 0.05) is 18.7 Å². The fourth-order valence-corrected chi connectivity index (χ4v) is 1.89. The maximum atomic E-state index is 5.57. The second kappa shape index (κ2) is 7.82. The minimum atomic E-state index is 0.576. The summed E-state index contributed by atoms with van der Waals surface area (Å²) in [5, 5.41) is 0.576. The van der Waals surface area contributed by atoms with Crippen LogP contribution in [-0.2, 0) is 4.74 Å². The van der Waals surface area contributed by atoms with Crippen LogP contribution in [0.5, 0.6) is 0 Å². The van der Waals surface area contributed by atoms with Gasteiger partial charge >= 0.3 is 0 Å². The van der Waals surface area contributed by atoms with E-state index in [1.165, 1.54) is 0 Å². The topological polar surface area (TPSA) is 24.8 Å². The molecule has 0 aromatic heterocycles. The first-order valence-electron chi connectivity index (χ1n) is 6.28. The van der Waals surface area contributed by atoms with Crippen molar-refractivity contribution < 1.29 is 4.74 Å². The maximum Gasteiger partial charge on any atom is 0.223 e. The zero-order valence-electron chi connectivity index (χ0n) is 11.2. The van der Waals surface area contributed by atoms with E-state index in [9.17, 15) is 0 Å². The molecule has 98 valence electrons. The summed E-state index contributed by atoms with van der Waals surface area (Å²) in [4.78, 5) is 6.46. The van der Waals surface area contributed by atoms with Crippen LogP contribution in [0.4, 0.5) is 0 Å². The van der Waals surface area contributed by atoms with Crippen LogP contribution in [0.3, 0.4) is 0 Å². The largest absolute Gasteiger partial charge is 0.477 e. The monoisotopic (exact) mass is 264 g/mol. The fourth-order valence-electron chi connectivity index (χ4n) is 1.55. The van der Waals surface area contributed by atoms with Crippen molar-refractivity contribution in [1.82, 2.24) is 4.90 Å². The second-order valence-corrected chi connectivity index (χ2v) is 4.04. The van der Waals surface area contributed by atoms with Crippen LogP contribution in [-0.4, -0.2) is 35.6 Å².